The molecule has 0 unspecified atom stereocenters. The van der Waals surface area contributed by atoms with Crippen LogP contribution in [0.25, 0.3) is 0 Å². The first-order valence-corrected chi connectivity index (χ1v) is 8.99. The number of nitrogens with zero attached hydrogens (tertiary/aromatic N) is 1. The Morgan fingerprint density at radius 1 is 1.04 bits per heavy atom. The highest BCUT2D eigenvalue weighted by molar-refractivity contribution is 6.05. The van der Waals surface area contributed by atoms with Crippen LogP contribution in [-0.2, 0) is 14.3 Å². The van der Waals surface area contributed by atoms with E-state index in [4.69, 9.17) is 18.9 Å². The molecule has 0 aromatic heterocycles. The molecule has 0 spiro atoms. The molecule has 0 saturated carbocycles. The SMILES string of the molecule is COc1ccc(N2C(=O)[C@H](Oc3ccccc3)[C@@H]2[C@H]2COC(C)(C)O2)cc1. The number of anilines is 1. The Bertz CT molecular complexity index is 805. The van der Waals surface area contributed by atoms with Crippen LogP contribution in [0.15, 0.2) is 54.6 Å². The van der Waals surface area contributed by atoms with Crippen molar-refractivity contribution in [3.8, 4) is 11.5 Å². The van der Waals surface area contributed by atoms with Crippen molar-refractivity contribution in [2.75, 3.05) is 18.6 Å². The third kappa shape index (κ3) is 3.38. The minimum Gasteiger partial charge on any atom is -0.497 e. The number of methoxy groups -OCH3 is 1. The number of carbonyl (C=O) groups is 1. The monoisotopic (exact) mass is 369 g/mol. The molecule has 2 heterocycles. The highest BCUT2D eigenvalue weighted by atomic mass is 16.7. The molecular weight excluding hydrogens is 346 g/mol. The number of para-hydroxylation sites is 1. The van der Waals surface area contributed by atoms with Gasteiger partial charge in [0.05, 0.1) is 13.7 Å². The average molecular weight is 369 g/mol. The largest absolute Gasteiger partial charge is 0.497 e. The molecule has 2 aliphatic rings. The summed E-state index contributed by atoms with van der Waals surface area (Å²) < 4.78 is 23.0. The van der Waals surface area contributed by atoms with Crippen molar-refractivity contribution in [1.29, 1.82) is 0 Å². The zero-order valence-corrected chi connectivity index (χ0v) is 15.6. The van der Waals surface area contributed by atoms with Gasteiger partial charge in [-0.15, -0.1) is 0 Å². The fraction of sp³-hybridized carbons (Fsp3) is 0.381. The highest BCUT2D eigenvalue weighted by Gasteiger charge is 2.57. The second kappa shape index (κ2) is 6.87. The Balaban J connectivity index is 1.60. The fourth-order valence-corrected chi connectivity index (χ4v) is 3.54. The highest BCUT2D eigenvalue weighted by Crippen LogP contribution is 2.38. The lowest BCUT2D eigenvalue weighted by molar-refractivity contribution is -0.156. The third-order valence-corrected chi connectivity index (χ3v) is 4.86. The predicted molar refractivity (Wildman–Crippen MR) is 100 cm³/mol. The van der Waals surface area contributed by atoms with Crippen molar-refractivity contribution in [1.82, 2.24) is 0 Å². The van der Waals surface area contributed by atoms with Crippen LogP contribution in [-0.4, -0.2) is 43.7 Å². The third-order valence-electron chi connectivity index (χ3n) is 4.86. The zero-order chi connectivity index (χ0) is 19.0. The molecule has 3 atom stereocenters. The lowest BCUT2D eigenvalue weighted by Gasteiger charge is -2.48. The smallest absolute Gasteiger partial charge is 0.270 e. The quantitative estimate of drug-likeness (QED) is 0.759. The maximum atomic E-state index is 12.9. The van der Waals surface area contributed by atoms with Crippen LogP contribution >= 0.6 is 0 Å². The van der Waals surface area contributed by atoms with Crippen LogP contribution in [0.1, 0.15) is 13.8 Å². The number of rotatable bonds is 5. The van der Waals surface area contributed by atoms with E-state index in [1.165, 1.54) is 0 Å². The first-order valence-electron chi connectivity index (χ1n) is 8.99. The topological polar surface area (TPSA) is 57.2 Å². The lowest BCUT2D eigenvalue weighted by atomic mass is 9.91. The van der Waals surface area contributed by atoms with Crippen LogP contribution in [0.5, 0.6) is 11.5 Å². The number of ether oxygens (including phenoxy) is 4. The van der Waals surface area contributed by atoms with Crippen molar-refractivity contribution in [2.45, 2.75) is 37.9 Å². The Hall–Kier alpha value is -2.57. The van der Waals surface area contributed by atoms with Crippen molar-refractivity contribution in [2.24, 2.45) is 0 Å². The maximum Gasteiger partial charge on any atom is 0.270 e. The van der Waals surface area contributed by atoms with Gasteiger partial charge in [-0.2, -0.15) is 0 Å². The first-order chi connectivity index (χ1) is 13.0. The molecule has 4 rings (SSSR count). The molecule has 0 aliphatic carbocycles. The van der Waals surface area contributed by atoms with Crippen LogP contribution < -0.4 is 14.4 Å². The van der Waals surface area contributed by atoms with Gasteiger partial charge < -0.3 is 18.9 Å². The molecule has 0 bridgehead atoms. The Morgan fingerprint density at radius 3 is 2.33 bits per heavy atom. The van der Waals surface area contributed by atoms with Gasteiger partial charge in [0.1, 0.15) is 23.6 Å². The minimum atomic E-state index is -0.674. The Labute approximate surface area is 158 Å². The zero-order valence-electron chi connectivity index (χ0n) is 15.6. The van der Waals surface area contributed by atoms with Crippen LogP contribution in [0, 0.1) is 0 Å². The summed E-state index contributed by atoms with van der Waals surface area (Å²) >= 11 is 0. The number of hydrogen-bond acceptors (Lipinski definition) is 5. The van der Waals surface area contributed by atoms with Gasteiger partial charge in [0.2, 0.25) is 6.10 Å². The summed E-state index contributed by atoms with van der Waals surface area (Å²) in [5.41, 5.74) is 0.784. The van der Waals surface area contributed by atoms with E-state index in [-0.39, 0.29) is 18.1 Å². The molecule has 2 aromatic rings. The summed E-state index contributed by atoms with van der Waals surface area (Å²) in [6.45, 7) is 4.16. The molecular formula is C21H23NO5. The molecule has 2 fully saturated rings. The molecule has 2 aliphatic heterocycles. The predicted octanol–water partition coefficient (Wildman–Crippen LogP) is 3.01. The average Bonchev–Trinajstić information content (AvgIpc) is 3.04. The number of amides is 1. The molecule has 2 aromatic carbocycles. The van der Waals surface area contributed by atoms with Crippen molar-refractivity contribution < 1.29 is 23.7 Å². The minimum absolute atomic E-state index is 0.0951. The Kier molecular flexibility index (Phi) is 4.53. The standard InChI is InChI=1S/C21H23NO5/c1-21(2)25-13-17(27-21)18-19(26-16-7-5-4-6-8-16)20(23)22(18)14-9-11-15(24-3)12-10-14/h4-12,17-19H,13H2,1-3H3/t17-,18+,19-/m1/s1. The number of β-lactam (4-membered cyclic amide) rings is 1. The van der Waals surface area contributed by atoms with Gasteiger partial charge in [-0.05, 0) is 50.2 Å². The van der Waals surface area contributed by atoms with E-state index in [2.05, 4.69) is 0 Å². The van der Waals surface area contributed by atoms with Gasteiger partial charge in [-0.3, -0.25) is 9.69 Å². The van der Waals surface area contributed by atoms with Crippen LogP contribution in [0.2, 0.25) is 0 Å². The van der Waals surface area contributed by atoms with Gasteiger partial charge in [0.25, 0.3) is 5.91 Å². The van der Waals surface area contributed by atoms with E-state index in [9.17, 15) is 4.79 Å². The Morgan fingerprint density at radius 2 is 1.74 bits per heavy atom. The van der Waals surface area contributed by atoms with E-state index in [1.54, 1.807) is 12.0 Å². The summed E-state index contributed by atoms with van der Waals surface area (Å²) in [6.07, 6.45) is -0.884. The summed E-state index contributed by atoms with van der Waals surface area (Å²) in [4.78, 5) is 14.6. The van der Waals surface area contributed by atoms with Crippen LogP contribution in [0.3, 0.4) is 0 Å². The summed E-state index contributed by atoms with van der Waals surface area (Å²) in [5.74, 6) is 0.629. The maximum absolute atomic E-state index is 12.9. The molecule has 0 N–H and O–H groups in total. The summed E-state index contributed by atoms with van der Waals surface area (Å²) in [5, 5.41) is 0. The summed E-state index contributed by atoms with van der Waals surface area (Å²) in [7, 11) is 1.61. The van der Waals surface area contributed by atoms with Gasteiger partial charge >= 0.3 is 0 Å². The fourth-order valence-electron chi connectivity index (χ4n) is 3.54. The van der Waals surface area contributed by atoms with E-state index in [1.807, 2.05) is 68.4 Å². The normalized spacial score (nSPS) is 26.6. The molecule has 27 heavy (non-hydrogen) atoms. The van der Waals surface area contributed by atoms with Crippen molar-refractivity contribution in [3.05, 3.63) is 54.6 Å². The number of carbonyl (C=O) groups excluding carboxylic acids is 1. The van der Waals surface area contributed by atoms with Gasteiger partial charge in [0.15, 0.2) is 5.79 Å². The molecule has 0 radical (unpaired) electrons. The van der Waals surface area contributed by atoms with Gasteiger partial charge in [-0.25, -0.2) is 0 Å². The van der Waals surface area contributed by atoms with Gasteiger partial charge in [-0.1, -0.05) is 18.2 Å². The van der Waals surface area contributed by atoms with Crippen molar-refractivity contribution >= 4 is 11.6 Å². The number of hydrogen-bond donors (Lipinski definition) is 0. The molecule has 6 nitrogen and oxygen atoms in total. The molecule has 2 saturated heterocycles. The first kappa shape index (κ1) is 17.8. The number of benzene rings is 2. The van der Waals surface area contributed by atoms with E-state index >= 15 is 0 Å². The summed E-state index contributed by atoms with van der Waals surface area (Å²) in [6, 6.07) is 16.5. The second-order valence-electron chi connectivity index (χ2n) is 7.12. The van der Waals surface area contributed by atoms with E-state index < -0.39 is 11.9 Å². The van der Waals surface area contributed by atoms with Crippen LogP contribution in [0.4, 0.5) is 5.69 Å². The van der Waals surface area contributed by atoms with E-state index in [0.717, 1.165) is 11.4 Å². The molecule has 142 valence electrons. The van der Waals surface area contributed by atoms with E-state index in [0.29, 0.717) is 12.4 Å². The second-order valence-corrected chi connectivity index (χ2v) is 7.12. The van der Waals surface area contributed by atoms with Gasteiger partial charge in [0, 0.05) is 5.69 Å². The lowest BCUT2D eigenvalue weighted by Crippen LogP contribution is -2.72. The molecule has 1 amide bonds. The molecule has 6 heteroatoms. The van der Waals surface area contributed by atoms with Crippen molar-refractivity contribution in [3.63, 3.8) is 0 Å².